The van der Waals surface area contributed by atoms with Crippen molar-refractivity contribution in [3.63, 3.8) is 0 Å². The lowest BCUT2D eigenvalue weighted by Gasteiger charge is -2.34. The van der Waals surface area contributed by atoms with Crippen LogP contribution in [0.5, 0.6) is 0 Å². The van der Waals surface area contributed by atoms with E-state index in [-0.39, 0.29) is 5.91 Å². The van der Waals surface area contributed by atoms with E-state index in [9.17, 15) is 4.79 Å². The zero-order valence-corrected chi connectivity index (χ0v) is 17.9. The summed E-state index contributed by atoms with van der Waals surface area (Å²) < 4.78 is 5.40. The average molecular weight is 410 g/mol. The van der Waals surface area contributed by atoms with Gasteiger partial charge in [-0.15, -0.1) is 0 Å². The summed E-state index contributed by atoms with van der Waals surface area (Å²) in [6.07, 6.45) is 0. The first-order chi connectivity index (χ1) is 14.6. The average Bonchev–Trinajstić information content (AvgIpc) is 2.77. The molecule has 1 aromatic carbocycles. The smallest absolute Gasteiger partial charge is 0.256 e. The lowest BCUT2D eigenvalue weighted by molar-refractivity contribution is 0.0342. The molecule has 160 valence electrons. The lowest BCUT2D eigenvalue weighted by Crippen LogP contribution is -2.45. The first-order valence-corrected chi connectivity index (χ1v) is 10.7. The van der Waals surface area contributed by atoms with Gasteiger partial charge in [0.15, 0.2) is 0 Å². The Kier molecular flexibility index (Phi) is 6.62. The van der Waals surface area contributed by atoms with Crippen LogP contribution in [0.1, 0.15) is 21.5 Å². The molecular weight excluding hydrogens is 378 g/mol. The molecule has 0 atom stereocenters. The molecule has 2 saturated heterocycles. The maximum atomic E-state index is 12.7. The molecule has 0 bridgehead atoms. The number of carbonyl (C=O) groups excluding carboxylic acids is 1. The number of ether oxygens (including phenoxy) is 1. The number of piperazine rings is 1. The van der Waals surface area contributed by atoms with E-state index in [2.05, 4.69) is 34.0 Å². The number of amides is 1. The third kappa shape index (κ3) is 5.16. The fourth-order valence-electron chi connectivity index (χ4n) is 3.89. The van der Waals surface area contributed by atoms with Crippen molar-refractivity contribution in [2.75, 3.05) is 69.7 Å². The van der Waals surface area contributed by atoms with Crippen LogP contribution in [0.2, 0.25) is 0 Å². The number of nitrogens with zero attached hydrogens (tertiary/aromatic N) is 4. The van der Waals surface area contributed by atoms with E-state index in [4.69, 9.17) is 9.72 Å². The molecule has 30 heavy (non-hydrogen) atoms. The number of benzene rings is 1. The van der Waals surface area contributed by atoms with E-state index in [1.807, 2.05) is 36.4 Å². The highest BCUT2D eigenvalue weighted by molar-refractivity contribution is 6.03. The molecule has 2 aliphatic rings. The third-order valence-electron chi connectivity index (χ3n) is 5.84. The van der Waals surface area contributed by atoms with Crippen molar-refractivity contribution in [2.24, 2.45) is 0 Å². The Bertz CT molecular complexity index is 856. The van der Waals surface area contributed by atoms with Gasteiger partial charge in [-0.25, -0.2) is 4.98 Å². The molecule has 2 fully saturated rings. The van der Waals surface area contributed by atoms with Crippen molar-refractivity contribution in [2.45, 2.75) is 13.5 Å². The normalized spacial score (nSPS) is 18.4. The summed E-state index contributed by atoms with van der Waals surface area (Å²) in [6.45, 7) is 10.4. The molecule has 0 spiro atoms. The van der Waals surface area contributed by atoms with Gasteiger partial charge >= 0.3 is 0 Å². The molecule has 0 aliphatic carbocycles. The van der Waals surface area contributed by atoms with Crippen LogP contribution in [-0.2, 0) is 11.3 Å². The zero-order chi connectivity index (χ0) is 20.9. The van der Waals surface area contributed by atoms with Crippen molar-refractivity contribution < 1.29 is 9.53 Å². The first kappa shape index (κ1) is 20.8. The fraction of sp³-hybridized carbons (Fsp3) is 0.478. The minimum Gasteiger partial charge on any atom is -0.379 e. The molecule has 1 N–H and O–H groups in total. The second-order valence-electron chi connectivity index (χ2n) is 8.17. The van der Waals surface area contributed by atoms with Gasteiger partial charge in [0.25, 0.3) is 5.91 Å². The Morgan fingerprint density at radius 3 is 2.40 bits per heavy atom. The Labute approximate surface area is 178 Å². The topological polar surface area (TPSA) is 60.9 Å². The van der Waals surface area contributed by atoms with Crippen LogP contribution in [0, 0.1) is 6.92 Å². The number of hydrogen-bond donors (Lipinski definition) is 1. The Balaban J connectivity index is 1.39. The molecule has 2 aromatic rings. The number of rotatable bonds is 5. The number of aryl methyl sites for hydroxylation is 1. The van der Waals surface area contributed by atoms with E-state index < -0.39 is 0 Å². The van der Waals surface area contributed by atoms with Crippen LogP contribution < -0.4 is 10.2 Å². The monoisotopic (exact) mass is 409 g/mol. The fourth-order valence-corrected chi connectivity index (χ4v) is 3.89. The summed E-state index contributed by atoms with van der Waals surface area (Å²) in [5.74, 6) is 1.42. The largest absolute Gasteiger partial charge is 0.379 e. The first-order valence-electron chi connectivity index (χ1n) is 10.7. The van der Waals surface area contributed by atoms with Gasteiger partial charge in [-0.2, -0.15) is 0 Å². The molecule has 0 radical (unpaired) electrons. The van der Waals surface area contributed by atoms with Gasteiger partial charge in [0.1, 0.15) is 11.6 Å². The second kappa shape index (κ2) is 9.55. The molecule has 0 unspecified atom stereocenters. The van der Waals surface area contributed by atoms with Crippen LogP contribution in [0.4, 0.5) is 11.6 Å². The van der Waals surface area contributed by atoms with E-state index >= 15 is 0 Å². The summed E-state index contributed by atoms with van der Waals surface area (Å²) >= 11 is 0. The molecule has 3 heterocycles. The van der Waals surface area contributed by atoms with Crippen molar-refractivity contribution in [1.29, 1.82) is 0 Å². The van der Waals surface area contributed by atoms with E-state index in [1.54, 1.807) is 0 Å². The number of hydrogen-bond acceptors (Lipinski definition) is 6. The van der Waals surface area contributed by atoms with Gasteiger partial charge < -0.3 is 19.9 Å². The Morgan fingerprint density at radius 1 is 1.00 bits per heavy atom. The summed E-state index contributed by atoms with van der Waals surface area (Å²) in [5.41, 5.74) is 2.98. The number of nitrogens with one attached hydrogen (secondary N) is 1. The molecule has 7 heteroatoms. The highest BCUT2D eigenvalue weighted by Gasteiger charge is 2.18. The number of morpholine rings is 1. The minimum atomic E-state index is -0.131. The van der Waals surface area contributed by atoms with Crippen LogP contribution >= 0.6 is 0 Å². The van der Waals surface area contributed by atoms with Crippen LogP contribution in [-0.4, -0.2) is 80.2 Å². The number of aromatic nitrogens is 1. The predicted molar refractivity (Wildman–Crippen MR) is 119 cm³/mol. The summed E-state index contributed by atoms with van der Waals surface area (Å²) in [6, 6.07) is 11.7. The van der Waals surface area contributed by atoms with Crippen molar-refractivity contribution in [3.8, 4) is 0 Å². The zero-order valence-electron chi connectivity index (χ0n) is 17.9. The second-order valence-corrected chi connectivity index (χ2v) is 8.17. The predicted octanol–water partition coefficient (Wildman–Crippen LogP) is 2.23. The standard InChI is InChI=1S/C23H31N5O2/c1-18-3-8-21(24-22(18)28-11-9-26(2)10-12-28)25-23(29)20-6-4-19(5-7-20)17-27-13-15-30-16-14-27/h3-8H,9-17H2,1-2H3,(H,24,25,29). The SMILES string of the molecule is Cc1ccc(NC(=O)c2ccc(CN3CCOCC3)cc2)nc1N1CCN(C)CC1. The van der Waals surface area contributed by atoms with Crippen molar-refractivity contribution in [3.05, 3.63) is 53.1 Å². The van der Waals surface area contributed by atoms with Crippen LogP contribution in [0.15, 0.2) is 36.4 Å². The number of pyridine rings is 1. The summed E-state index contributed by atoms with van der Waals surface area (Å²) in [7, 11) is 2.14. The highest BCUT2D eigenvalue weighted by atomic mass is 16.5. The van der Waals surface area contributed by atoms with E-state index in [0.717, 1.165) is 70.4 Å². The van der Waals surface area contributed by atoms with Crippen LogP contribution in [0.25, 0.3) is 0 Å². The molecule has 2 aliphatic heterocycles. The quantitative estimate of drug-likeness (QED) is 0.817. The molecule has 0 saturated carbocycles. The Morgan fingerprint density at radius 2 is 1.70 bits per heavy atom. The maximum Gasteiger partial charge on any atom is 0.256 e. The van der Waals surface area contributed by atoms with Crippen LogP contribution in [0.3, 0.4) is 0 Å². The van der Waals surface area contributed by atoms with Gasteiger partial charge in [0.05, 0.1) is 13.2 Å². The minimum absolute atomic E-state index is 0.131. The van der Waals surface area contributed by atoms with Crippen molar-refractivity contribution >= 4 is 17.5 Å². The van der Waals surface area contributed by atoms with Gasteiger partial charge in [-0.3, -0.25) is 9.69 Å². The Hall–Kier alpha value is -2.48. The maximum absolute atomic E-state index is 12.7. The van der Waals surface area contributed by atoms with Gasteiger partial charge in [-0.1, -0.05) is 18.2 Å². The summed E-state index contributed by atoms with van der Waals surface area (Å²) in [4.78, 5) is 24.5. The highest BCUT2D eigenvalue weighted by Crippen LogP contribution is 2.21. The lowest BCUT2D eigenvalue weighted by atomic mass is 10.1. The number of carbonyl (C=O) groups is 1. The molecular formula is C23H31N5O2. The van der Waals surface area contributed by atoms with Gasteiger partial charge in [-0.05, 0) is 43.3 Å². The van der Waals surface area contributed by atoms with Gasteiger partial charge in [0, 0.05) is 51.4 Å². The summed E-state index contributed by atoms with van der Waals surface area (Å²) in [5, 5.41) is 2.96. The van der Waals surface area contributed by atoms with E-state index in [1.165, 1.54) is 5.56 Å². The number of anilines is 2. The third-order valence-corrected chi connectivity index (χ3v) is 5.84. The van der Waals surface area contributed by atoms with Crippen molar-refractivity contribution in [1.82, 2.24) is 14.8 Å². The molecule has 1 amide bonds. The number of likely N-dealkylation sites (N-methyl/N-ethyl adjacent to an activating group) is 1. The molecule has 4 rings (SSSR count). The van der Waals surface area contributed by atoms with Gasteiger partial charge in [0.2, 0.25) is 0 Å². The molecule has 7 nitrogen and oxygen atoms in total. The van der Waals surface area contributed by atoms with E-state index in [0.29, 0.717) is 11.4 Å². The molecule has 1 aromatic heterocycles.